The van der Waals surface area contributed by atoms with E-state index in [-0.39, 0.29) is 0 Å². The molecule has 0 fully saturated rings. The van der Waals surface area contributed by atoms with Crippen molar-refractivity contribution in [1.29, 1.82) is 0 Å². The number of anilines is 1. The highest BCUT2D eigenvalue weighted by atomic mass is 35.5. The van der Waals surface area contributed by atoms with Gasteiger partial charge in [-0.3, -0.25) is 0 Å². The van der Waals surface area contributed by atoms with Gasteiger partial charge in [0.1, 0.15) is 12.4 Å². The molecule has 0 spiro atoms. The number of halogens is 2. The summed E-state index contributed by atoms with van der Waals surface area (Å²) in [6, 6.07) is 9.38. The number of hydrogen-bond donors (Lipinski definition) is 1. The van der Waals surface area contributed by atoms with Crippen molar-refractivity contribution in [3.8, 4) is 5.75 Å². The molecule has 0 aromatic heterocycles. The Balaban J connectivity index is 2.16. The first-order valence-electron chi connectivity index (χ1n) is 5.91. The summed E-state index contributed by atoms with van der Waals surface area (Å²) in [6.45, 7) is 4.39. The molecule has 0 amide bonds. The molecule has 100 valence electrons. The molecule has 2 rings (SSSR count). The van der Waals surface area contributed by atoms with Crippen LogP contribution in [0.15, 0.2) is 30.3 Å². The first-order chi connectivity index (χ1) is 8.97. The minimum Gasteiger partial charge on any atom is -0.486 e. The molecule has 0 saturated carbocycles. The highest BCUT2D eigenvalue weighted by molar-refractivity contribution is 6.42. The minimum absolute atomic E-state index is 0.408. The van der Waals surface area contributed by atoms with E-state index in [1.807, 2.05) is 32.0 Å². The second-order valence-corrected chi connectivity index (χ2v) is 5.35. The molecule has 0 atom stereocenters. The highest BCUT2D eigenvalue weighted by Gasteiger charge is 2.07. The van der Waals surface area contributed by atoms with Crippen LogP contribution in [0.5, 0.6) is 5.75 Å². The number of nitrogen functional groups attached to an aromatic ring is 1. The normalized spacial score (nSPS) is 10.5. The van der Waals surface area contributed by atoms with Crippen molar-refractivity contribution in [1.82, 2.24) is 0 Å². The monoisotopic (exact) mass is 295 g/mol. The van der Waals surface area contributed by atoms with Crippen LogP contribution in [0.2, 0.25) is 10.0 Å². The number of benzene rings is 2. The fraction of sp³-hybridized carbons (Fsp3) is 0.200. The summed E-state index contributed by atoms with van der Waals surface area (Å²) >= 11 is 11.8. The third-order valence-electron chi connectivity index (χ3n) is 2.81. The van der Waals surface area contributed by atoms with Crippen LogP contribution in [0.3, 0.4) is 0 Å². The fourth-order valence-electron chi connectivity index (χ4n) is 1.97. The third kappa shape index (κ3) is 3.34. The van der Waals surface area contributed by atoms with E-state index in [1.54, 1.807) is 12.1 Å². The molecule has 19 heavy (non-hydrogen) atoms. The van der Waals surface area contributed by atoms with Crippen molar-refractivity contribution in [3.63, 3.8) is 0 Å². The van der Waals surface area contributed by atoms with E-state index in [0.717, 1.165) is 22.4 Å². The summed E-state index contributed by atoms with van der Waals surface area (Å²) < 4.78 is 5.78. The van der Waals surface area contributed by atoms with Gasteiger partial charge in [-0.2, -0.15) is 0 Å². The van der Waals surface area contributed by atoms with Gasteiger partial charge in [-0.1, -0.05) is 35.3 Å². The first kappa shape index (κ1) is 14.0. The SMILES string of the molecule is Cc1cc(C)c(OCc2ccc(Cl)c(Cl)c2)c(N)c1. The summed E-state index contributed by atoms with van der Waals surface area (Å²) in [5.74, 6) is 0.719. The zero-order chi connectivity index (χ0) is 14.0. The largest absolute Gasteiger partial charge is 0.486 e. The lowest BCUT2D eigenvalue weighted by atomic mass is 10.1. The van der Waals surface area contributed by atoms with Gasteiger partial charge in [0.15, 0.2) is 0 Å². The van der Waals surface area contributed by atoms with Gasteiger partial charge < -0.3 is 10.5 Å². The van der Waals surface area contributed by atoms with Gasteiger partial charge in [0, 0.05) is 0 Å². The van der Waals surface area contributed by atoms with Gasteiger partial charge in [0.25, 0.3) is 0 Å². The molecule has 0 saturated heterocycles. The Hall–Kier alpha value is -1.38. The van der Waals surface area contributed by atoms with Gasteiger partial charge in [0.2, 0.25) is 0 Å². The molecule has 4 heteroatoms. The molecule has 0 aliphatic rings. The van der Waals surface area contributed by atoms with Gasteiger partial charge in [0.05, 0.1) is 15.7 Å². The average Bonchev–Trinajstić information content (AvgIpc) is 2.32. The number of ether oxygens (including phenoxy) is 1. The Morgan fingerprint density at radius 3 is 2.42 bits per heavy atom. The predicted molar refractivity (Wildman–Crippen MR) is 81.1 cm³/mol. The maximum atomic E-state index is 5.97. The Kier molecular flexibility index (Phi) is 4.23. The zero-order valence-corrected chi connectivity index (χ0v) is 12.3. The van der Waals surface area contributed by atoms with Crippen LogP contribution in [0.25, 0.3) is 0 Å². The molecule has 2 aromatic carbocycles. The molecule has 0 heterocycles. The lowest BCUT2D eigenvalue weighted by Gasteiger charge is -2.13. The maximum Gasteiger partial charge on any atom is 0.145 e. The summed E-state index contributed by atoms with van der Waals surface area (Å²) in [7, 11) is 0. The summed E-state index contributed by atoms with van der Waals surface area (Å²) in [6.07, 6.45) is 0. The van der Waals surface area contributed by atoms with E-state index in [9.17, 15) is 0 Å². The lowest BCUT2D eigenvalue weighted by molar-refractivity contribution is 0.306. The van der Waals surface area contributed by atoms with Crippen molar-refractivity contribution in [3.05, 3.63) is 57.1 Å². The Morgan fingerprint density at radius 2 is 1.79 bits per heavy atom. The number of nitrogens with two attached hydrogens (primary N) is 1. The van der Waals surface area contributed by atoms with E-state index in [1.165, 1.54) is 0 Å². The van der Waals surface area contributed by atoms with Crippen LogP contribution in [0.4, 0.5) is 5.69 Å². The van der Waals surface area contributed by atoms with Crippen LogP contribution in [-0.4, -0.2) is 0 Å². The molecule has 2 nitrogen and oxygen atoms in total. The van der Waals surface area contributed by atoms with Gasteiger partial charge in [-0.05, 0) is 48.7 Å². The number of aryl methyl sites for hydroxylation is 2. The Bertz CT molecular complexity index is 588. The van der Waals surface area contributed by atoms with E-state index in [2.05, 4.69) is 0 Å². The Morgan fingerprint density at radius 1 is 1.05 bits per heavy atom. The van der Waals surface area contributed by atoms with Gasteiger partial charge in [-0.15, -0.1) is 0 Å². The maximum absolute atomic E-state index is 5.97. The van der Waals surface area contributed by atoms with Crippen molar-refractivity contribution in [2.24, 2.45) is 0 Å². The van der Waals surface area contributed by atoms with Crippen LogP contribution in [0, 0.1) is 13.8 Å². The fourth-order valence-corrected chi connectivity index (χ4v) is 2.29. The molecule has 0 unspecified atom stereocenters. The molecule has 2 N–H and O–H groups in total. The summed E-state index contributed by atoms with van der Waals surface area (Å²) in [5.41, 5.74) is 9.72. The second-order valence-electron chi connectivity index (χ2n) is 4.54. The molecule has 0 aliphatic carbocycles. The predicted octanol–water partition coefficient (Wildman–Crippen LogP) is 4.77. The quantitative estimate of drug-likeness (QED) is 0.828. The molecule has 0 radical (unpaired) electrons. The third-order valence-corrected chi connectivity index (χ3v) is 3.55. The van der Waals surface area contributed by atoms with Crippen molar-refractivity contribution >= 4 is 28.9 Å². The highest BCUT2D eigenvalue weighted by Crippen LogP contribution is 2.29. The summed E-state index contributed by atoms with van der Waals surface area (Å²) in [5, 5.41) is 1.06. The van der Waals surface area contributed by atoms with Crippen molar-refractivity contribution in [2.45, 2.75) is 20.5 Å². The van der Waals surface area contributed by atoms with Crippen molar-refractivity contribution in [2.75, 3.05) is 5.73 Å². The molecule has 0 bridgehead atoms. The van der Waals surface area contributed by atoms with Crippen molar-refractivity contribution < 1.29 is 4.74 Å². The van der Waals surface area contributed by atoms with E-state index >= 15 is 0 Å². The van der Waals surface area contributed by atoms with E-state index in [4.69, 9.17) is 33.7 Å². The lowest BCUT2D eigenvalue weighted by Crippen LogP contribution is -2.01. The topological polar surface area (TPSA) is 35.2 Å². The zero-order valence-electron chi connectivity index (χ0n) is 10.8. The second kappa shape index (κ2) is 5.72. The molecular formula is C15H15Cl2NO. The van der Waals surface area contributed by atoms with E-state index < -0.39 is 0 Å². The van der Waals surface area contributed by atoms with Gasteiger partial charge in [-0.25, -0.2) is 0 Å². The minimum atomic E-state index is 0.408. The molecule has 0 aliphatic heterocycles. The van der Waals surface area contributed by atoms with E-state index in [0.29, 0.717) is 22.3 Å². The van der Waals surface area contributed by atoms with Gasteiger partial charge >= 0.3 is 0 Å². The Labute approximate surface area is 123 Å². The number of rotatable bonds is 3. The molecular weight excluding hydrogens is 281 g/mol. The van der Waals surface area contributed by atoms with Crippen LogP contribution in [-0.2, 0) is 6.61 Å². The van der Waals surface area contributed by atoms with Crippen LogP contribution in [0.1, 0.15) is 16.7 Å². The number of hydrogen-bond acceptors (Lipinski definition) is 2. The standard InChI is InChI=1S/C15H15Cl2NO/c1-9-5-10(2)15(14(18)6-9)19-8-11-3-4-12(16)13(17)7-11/h3-7H,8,18H2,1-2H3. The molecule has 2 aromatic rings. The van der Waals surface area contributed by atoms with Crippen LogP contribution >= 0.6 is 23.2 Å². The smallest absolute Gasteiger partial charge is 0.145 e. The average molecular weight is 296 g/mol. The summed E-state index contributed by atoms with van der Waals surface area (Å²) in [4.78, 5) is 0. The van der Waals surface area contributed by atoms with Crippen LogP contribution < -0.4 is 10.5 Å². The first-order valence-corrected chi connectivity index (χ1v) is 6.66.